The van der Waals surface area contributed by atoms with Crippen LogP contribution in [0.15, 0.2) is 48.5 Å². The molecule has 0 bridgehead atoms. The smallest absolute Gasteiger partial charge is 0.324 e. The minimum atomic E-state index is -3.67. The summed E-state index contributed by atoms with van der Waals surface area (Å²) in [5.41, 5.74) is 2.78. The van der Waals surface area contributed by atoms with Crippen LogP contribution in [0.1, 0.15) is 53.0 Å². The van der Waals surface area contributed by atoms with Gasteiger partial charge in [0.2, 0.25) is 10.0 Å². The fraction of sp³-hybridized carbons (Fsp3) is 0.440. The van der Waals surface area contributed by atoms with Crippen molar-refractivity contribution in [2.24, 2.45) is 0 Å². The number of benzene rings is 2. The van der Waals surface area contributed by atoms with Gasteiger partial charge in [0.15, 0.2) is 5.82 Å². The number of esters is 1. The molecule has 1 atom stereocenters. The summed E-state index contributed by atoms with van der Waals surface area (Å²) < 4.78 is 33.1. The molecule has 1 heterocycles. The fourth-order valence-electron chi connectivity index (χ4n) is 3.61. The van der Waals surface area contributed by atoms with Gasteiger partial charge in [-0.3, -0.25) is 4.79 Å². The second kappa shape index (κ2) is 11.1. The molecule has 9 nitrogen and oxygen atoms in total. The number of aromatic amines is 1. The van der Waals surface area contributed by atoms with Gasteiger partial charge in [0.05, 0.1) is 5.75 Å². The molecule has 0 aliphatic rings. The van der Waals surface area contributed by atoms with E-state index in [1.165, 1.54) is 4.31 Å². The minimum Gasteiger partial charge on any atom is -0.459 e. The molecule has 1 aromatic heterocycles. The Morgan fingerprint density at radius 3 is 2.31 bits per heavy atom. The van der Waals surface area contributed by atoms with E-state index >= 15 is 0 Å². The van der Waals surface area contributed by atoms with Crippen molar-refractivity contribution in [1.82, 2.24) is 24.9 Å². The molecule has 3 aromatic rings. The van der Waals surface area contributed by atoms with E-state index in [0.29, 0.717) is 12.2 Å². The van der Waals surface area contributed by atoms with E-state index in [0.717, 1.165) is 28.7 Å². The molecule has 35 heavy (non-hydrogen) atoms. The predicted molar refractivity (Wildman–Crippen MR) is 135 cm³/mol. The zero-order valence-electron chi connectivity index (χ0n) is 20.9. The number of tetrazole rings is 1. The SMILES string of the molecule is CCCCS(=O)(=O)N(Cc1ccc(-c2ccccc2-c2nnn[nH]2)cc1)C(C)C(=O)OC(C)(C)C. The minimum absolute atomic E-state index is 0.0205. The number of unbranched alkanes of at least 4 members (excludes halogenated alkanes) is 1. The largest absolute Gasteiger partial charge is 0.459 e. The summed E-state index contributed by atoms with van der Waals surface area (Å²) in [5, 5.41) is 14.1. The standard InChI is InChI=1S/C25H33N5O4S/c1-6-7-16-35(32,33)30(18(2)24(31)34-25(3,4)5)17-19-12-14-20(15-13-19)21-10-8-9-11-22(21)23-26-28-29-27-23/h8-15,18H,6-7,16-17H2,1-5H3,(H,26,27,28,29). The van der Waals surface area contributed by atoms with Crippen LogP contribution in [0, 0.1) is 0 Å². The summed E-state index contributed by atoms with van der Waals surface area (Å²) in [6, 6.07) is 14.4. The van der Waals surface area contributed by atoms with E-state index in [-0.39, 0.29) is 12.3 Å². The highest BCUT2D eigenvalue weighted by Gasteiger charge is 2.34. The number of rotatable bonds is 10. The molecule has 0 amide bonds. The summed E-state index contributed by atoms with van der Waals surface area (Å²) in [7, 11) is -3.67. The van der Waals surface area contributed by atoms with Gasteiger partial charge in [0.25, 0.3) is 0 Å². The van der Waals surface area contributed by atoms with E-state index < -0.39 is 27.6 Å². The van der Waals surface area contributed by atoms with Gasteiger partial charge in [0, 0.05) is 12.1 Å². The zero-order valence-corrected chi connectivity index (χ0v) is 21.7. The first-order valence-corrected chi connectivity index (χ1v) is 13.3. The van der Waals surface area contributed by atoms with Gasteiger partial charge in [-0.05, 0) is 61.2 Å². The first-order valence-electron chi connectivity index (χ1n) is 11.7. The van der Waals surface area contributed by atoms with E-state index in [1.807, 2.05) is 55.5 Å². The van der Waals surface area contributed by atoms with Crippen molar-refractivity contribution in [2.75, 3.05) is 5.75 Å². The van der Waals surface area contributed by atoms with Crippen LogP contribution in [0.25, 0.3) is 22.5 Å². The van der Waals surface area contributed by atoms with E-state index in [1.54, 1.807) is 27.7 Å². The molecule has 2 aromatic carbocycles. The van der Waals surface area contributed by atoms with Crippen LogP contribution in [0.3, 0.4) is 0 Å². The highest BCUT2D eigenvalue weighted by molar-refractivity contribution is 7.89. The van der Waals surface area contributed by atoms with Crippen molar-refractivity contribution in [3.63, 3.8) is 0 Å². The number of nitrogens with zero attached hydrogens (tertiary/aromatic N) is 4. The zero-order chi connectivity index (χ0) is 25.6. The maximum Gasteiger partial charge on any atom is 0.324 e. The number of nitrogens with one attached hydrogen (secondary N) is 1. The molecule has 0 aliphatic carbocycles. The molecule has 0 fully saturated rings. The lowest BCUT2D eigenvalue weighted by Crippen LogP contribution is -2.46. The fourth-order valence-corrected chi connectivity index (χ4v) is 5.41. The van der Waals surface area contributed by atoms with Crippen LogP contribution < -0.4 is 0 Å². The molecule has 3 rings (SSSR count). The predicted octanol–water partition coefficient (Wildman–Crippen LogP) is 4.20. The summed E-state index contributed by atoms with van der Waals surface area (Å²) in [6.45, 7) is 8.87. The van der Waals surface area contributed by atoms with Gasteiger partial charge in [-0.1, -0.05) is 61.9 Å². The van der Waals surface area contributed by atoms with Crippen LogP contribution >= 0.6 is 0 Å². The molecule has 0 saturated carbocycles. The van der Waals surface area contributed by atoms with Crippen molar-refractivity contribution in [1.29, 1.82) is 0 Å². The third kappa shape index (κ3) is 6.95. The van der Waals surface area contributed by atoms with Crippen LogP contribution in [-0.2, 0) is 26.1 Å². The lowest BCUT2D eigenvalue weighted by atomic mass is 9.98. The van der Waals surface area contributed by atoms with Crippen LogP contribution in [0.2, 0.25) is 0 Å². The molecule has 0 radical (unpaired) electrons. The van der Waals surface area contributed by atoms with Crippen LogP contribution in [0.5, 0.6) is 0 Å². The molecular formula is C25H33N5O4S. The molecule has 10 heteroatoms. The van der Waals surface area contributed by atoms with Crippen molar-refractivity contribution in [3.8, 4) is 22.5 Å². The van der Waals surface area contributed by atoms with Crippen molar-refractivity contribution < 1.29 is 17.9 Å². The van der Waals surface area contributed by atoms with E-state index in [2.05, 4.69) is 20.6 Å². The molecular weight excluding hydrogens is 466 g/mol. The number of hydrogen-bond donors (Lipinski definition) is 1. The average Bonchev–Trinajstić information content (AvgIpc) is 3.35. The second-order valence-corrected chi connectivity index (χ2v) is 11.5. The third-order valence-corrected chi connectivity index (χ3v) is 7.39. The Labute approximate surface area is 206 Å². The third-order valence-electron chi connectivity index (χ3n) is 5.42. The number of sulfonamides is 1. The Balaban J connectivity index is 1.88. The first kappa shape index (κ1) is 26.5. The molecule has 0 saturated heterocycles. The monoisotopic (exact) mass is 499 g/mol. The van der Waals surface area contributed by atoms with Gasteiger partial charge in [-0.2, -0.15) is 4.31 Å². The summed E-state index contributed by atoms with van der Waals surface area (Å²) in [4.78, 5) is 12.8. The highest BCUT2D eigenvalue weighted by Crippen LogP contribution is 2.30. The van der Waals surface area contributed by atoms with Gasteiger partial charge in [-0.25, -0.2) is 13.5 Å². The highest BCUT2D eigenvalue weighted by atomic mass is 32.2. The maximum atomic E-state index is 13.2. The number of ether oxygens (including phenoxy) is 1. The van der Waals surface area contributed by atoms with Crippen molar-refractivity contribution in [3.05, 3.63) is 54.1 Å². The quantitative estimate of drug-likeness (QED) is 0.415. The number of aromatic nitrogens is 4. The number of H-pyrrole nitrogens is 1. The summed E-state index contributed by atoms with van der Waals surface area (Å²) in [5.74, 6) is -0.0271. The topological polar surface area (TPSA) is 118 Å². The Morgan fingerprint density at radius 1 is 1.09 bits per heavy atom. The number of hydrogen-bond acceptors (Lipinski definition) is 7. The summed E-state index contributed by atoms with van der Waals surface area (Å²) in [6.07, 6.45) is 1.26. The van der Waals surface area contributed by atoms with Crippen LogP contribution in [0.4, 0.5) is 0 Å². The summed E-state index contributed by atoms with van der Waals surface area (Å²) >= 11 is 0. The maximum absolute atomic E-state index is 13.2. The molecule has 188 valence electrons. The molecule has 1 N–H and O–H groups in total. The lowest BCUT2D eigenvalue weighted by molar-refractivity contribution is -0.159. The van der Waals surface area contributed by atoms with E-state index in [4.69, 9.17) is 4.74 Å². The van der Waals surface area contributed by atoms with Crippen molar-refractivity contribution >= 4 is 16.0 Å². The lowest BCUT2D eigenvalue weighted by Gasteiger charge is -2.30. The Bertz CT molecular complexity index is 1220. The average molecular weight is 500 g/mol. The molecule has 0 spiro atoms. The van der Waals surface area contributed by atoms with Gasteiger partial charge >= 0.3 is 5.97 Å². The second-order valence-electron chi connectivity index (χ2n) is 9.42. The first-order chi connectivity index (χ1) is 16.5. The Morgan fingerprint density at radius 2 is 1.74 bits per heavy atom. The van der Waals surface area contributed by atoms with Crippen LogP contribution in [-0.4, -0.2) is 56.7 Å². The van der Waals surface area contributed by atoms with Gasteiger partial charge in [0.1, 0.15) is 11.6 Å². The van der Waals surface area contributed by atoms with Crippen molar-refractivity contribution in [2.45, 2.75) is 65.6 Å². The van der Waals surface area contributed by atoms with Gasteiger partial charge < -0.3 is 4.74 Å². The molecule has 1 unspecified atom stereocenters. The number of carbonyl (C=O) groups is 1. The Kier molecular flexibility index (Phi) is 8.39. The van der Waals surface area contributed by atoms with E-state index in [9.17, 15) is 13.2 Å². The normalized spacial score (nSPS) is 13.1. The van der Waals surface area contributed by atoms with Gasteiger partial charge in [-0.15, -0.1) is 5.10 Å². The number of carbonyl (C=O) groups excluding carboxylic acids is 1. The molecule has 0 aliphatic heterocycles. The Hall–Kier alpha value is -3.11.